The topological polar surface area (TPSA) is 90.7 Å². The van der Waals surface area contributed by atoms with Crippen molar-refractivity contribution in [1.82, 2.24) is 25.2 Å². The number of fused-ring (bicyclic) bond motifs is 1. The van der Waals surface area contributed by atoms with Crippen LogP contribution in [0.3, 0.4) is 0 Å². The lowest BCUT2D eigenvalue weighted by molar-refractivity contribution is 0.289. The van der Waals surface area contributed by atoms with E-state index in [9.17, 15) is 0 Å². The molecule has 0 bridgehead atoms. The monoisotopic (exact) mass is 518 g/mol. The van der Waals surface area contributed by atoms with Gasteiger partial charge in [0.1, 0.15) is 17.5 Å². The van der Waals surface area contributed by atoms with E-state index < -0.39 is 0 Å². The van der Waals surface area contributed by atoms with Crippen LogP contribution < -0.4 is 10.6 Å². The zero-order chi connectivity index (χ0) is 26.6. The minimum absolute atomic E-state index is 0.413. The average Bonchev–Trinajstić information content (AvgIpc) is 3.83. The number of piperidine rings is 1. The van der Waals surface area contributed by atoms with Gasteiger partial charge in [-0.3, -0.25) is 15.0 Å². The second kappa shape index (κ2) is 11.3. The number of amidine groups is 1. The third-order valence-electron chi connectivity index (χ3n) is 7.65. The fraction of sp³-hybridized carbons (Fsp3) is 0.323. The van der Waals surface area contributed by atoms with Crippen LogP contribution >= 0.6 is 0 Å². The van der Waals surface area contributed by atoms with E-state index in [-0.39, 0.29) is 0 Å². The Morgan fingerprint density at radius 1 is 1.05 bits per heavy atom. The standard InChI is InChI=1S/C31H34N8/c1-32-27-20-34-19-25(22-7-8-22)30(27)31(39(2)24-12-14-33-15-13-24)36-18-21-11-16-35-29(17-21)38-28-10-9-23-5-3-4-6-26(23)37-28/h3-6,9-11,16-17,19-20,22,24,33H,1,7-8,12-15,18H2,2H3,(H,35,37,38). The Kier molecular flexibility index (Phi) is 7.27. The molecule has 1 aromatic carbocycles. The Morgan fingerprint density at radius 3 is 2.72 bits per heavy atom. The summed E-state index contributed by atoms with van der Waals surface area (Å²) in [6.45, 7) is 6.42. The van der Waals surface area contributed by atoms with Crippen LogP contribution in [0.15, 0.2) is 77.1 Å². The van der Waals surface area contributed by atoms with Crippen LogP contribution in [0, 0.1) is 0 Å². The van der Waals surface area contributed by atoms with Gasteiger partial charge < -0.3 is 15.5 Å². The van der Waals surface area contributed by atoms with Gasteiger partial charge in [0.25, 0.3) is 0 Å². The van der Waals surface area contributed by atoms with Crippen LogP contribution in [-0.4, -0.2) is 58.6 Å². The highest BCUT2D eigenvalue weighted by atomic mass is 15.2. The number of rotatable bonds is 8. The van der Waals surface area contributed by atoms with Crippen LogP contribution in [0.5, 0.6) is 0 Å². The summed E-state index contributed by atoms with van der Waals surface area (Å²) in [5.74, 6) is 3.00. The smallest absolute Gasteiger partial charge is 0.133 e. The largest absolute Gasteiger partial charge is 0.356 e. The van der Waals surface area contributed by atoms with E-state index in [4.69, 9.17) is 9.98 Å². The summed E-state index contributed by atoms with van der Waals surface area (Å²) in [6, 6.07) is 16.6. The molecule has 2 aliphatic rings. The van der Waals surface area contributed by atoms with Gasteiger partial charge in [0.2, 0.25) is 0 Å². The third-order valence-corrected chi connectivity index (χ3v) is 7.65. The second-order valence-corrected chi connectivity index (χ2v) is 10.4. The highest BCUT2D eigenvalue weighted by Crippen LogP contribution is 2.44. The number of anilines is 2. The fourth-order valence-electron chi connectivity index (χ4n) is 5.34. The molecular formula is C31H34N8. The van der Waals surface area contributed by atoms with Crippen molar-refractivity contribution < 1.29 is 0 Å². The first kappa shape index (κ1) is 25.1. The number of pyridine rings is 3. The van der Waals surface area contributed by atoms with Gasteiger partial charge in [0.05, 0.1) is 23.9 Å². The molecule has 4 aromatic rings. The minimum atomic E-state index is 0.413. The number of para-hydroxylation sites is 1. The molecule has 4 heterocycles. The van der Waals surface area contributed by atoms with Crippen molar-refractivity contribution in [2.24, 2.45) is 9.98 Å². The van der Waals surface area contributed by atoms with E-state index in [1.807, 2.05) is 55.0 Å². The van der Waals surface area contributed by atoms with Crippen LogP contribution in [0.25, 0.3) is 10.9 Å². The van der Waals surface area contributed by atoms with Crippen molar-refractivity contribution in [1.29, 1.82) is 0 Å². The lowest BCUT2D eigenvalue weighted by atomic mass is 9.99. The number of aromatic nitrogens is 3. The molecule has 3 aromatic heterocycles. The highest BCUT2D eigenvalue weighted by Gasteiger charge is 2.32. The van der Waals surface area contributed by atoms with E-state index in [1.54, 1.807) is 0 Å². The Bertz CT molecular complexity index is 1500. The molecule has 2 N–H and O–H groups in total. The molecule has 0 spiro atoms. The van der Waals surface area contributed by atoms with Crippen molar-refractivity contribution in [3.63, 3.8) is 0 Å². The zero-order valence-electron chi connectivity index (χ0n) is 22.3. The van der Waals surface area contributed by atoms with Crippen LogP contribution in [0.2, 0.25) is 0 Å². The van der Waals surface area contributed by atoms with Crippen molar-refractivity contribution in [3.8, 4) is 0 Å². The summed E-state index contributed by atoms with van der Waals surface area (Å²) in [5.41, 5.74) is 5.14. The molecule has 198 valence electrons. The number of hydrogen-bond donors (Lipinski definition) is 2. The Balaban J connectivity index is 1.31. The van der Waals surface area contributed by atoms with Gasteiger partial charge in [-0.05, 0) is 92.9 Å². The fourth-order valence-corrected chi connectivity index (χ4v) is 5.34. The van der Waals surface area contributed by atoms with E-state index in [0.717, 1.165) is 71.1 Å². The van der Waals surface area contributed by atoms with E-state index in [2.05, 4.69) is 56.4 Å². The lowest BCUT2D eigenvalue weighted by Crippen LogP contribution is -2.44. The summed E-state index contributed by atoms with van der Waals surface area (Å²) in [5, 5.41) is 7.95. The molecule has 1 aliphatic carbocycles. The summed E-state index contributed by atoms with van der Waals surface area (Å²) in [7, 11) is 2.17. The summed E-state index contributed by atoms with van der Waals surface area (Å²) >= 11 is 0. The summed E-state index contributed by atoms with van der Waals surface area (Å²) in [4.78, 5) is 25.7. The quantitative estimate of drug-likeness (QED) is 0.233. The maximum Gasteiger partial charge on any atom is 0.133 e. The third kappa shape index (κ3) is 5.66. The molecule has 8 nitrogen and oxygen atoms in total. The van der Waals surface area contributed by atoms with Gasteiger partial charge in [-0.2, -0.15) is 0 Å². The van der Waals surface area contributed by atoms with Gasteiger partial charge in [-0.25, -0.2) is 9.97 Å². The minimum Gasteiger partial charge on any atom is -0.356 e. The first-order chi connectivity index (χ1) is 19.2. The molecule has 1 aliphatic heterocycles. The number of aliphatic imine (C=N–C) groups is 2. The molecule has 1 saturated carbocycles. The van der Waals surface area contributed by atoms with Gasteiger partial charge in [0.15, 0.2) is 0 Å². The van der Waals surface area contributed by atoms with E-state index >= 15 is 0 Å². The van der Waals surface area contributed by atoms with Crippen molar-refractivity contribution in [2.75, 3.05) is 25.5 Å². The van der Waals surface area contributed by atoms with Crippen LogP contribution in [-0.2, 0) is 6.54 Å². The molecular weight excluding hydrogens is 484 g/mol. The molecule has 8 heteroatoms. The van der Waals surface area contributed by atoms with Crippen LogP contribution in [0.1, 0.15) is 48.3 Å². The predicted molar refractivity (Wildman–Crippen MR) is 159 cm³/mol. The molecule has 0 radical (unpaired) electrons. The molecule has 2 fully saturated rings. The van der Waals surface area contributed by atoms with Gasteiger partial charge in [0, 0.05) is 36.4 Å². The molecule has 0 atom stereocenters. The van der Waals surface area contributed by atoms with E-state index in [1.165, 1.54) is 18.4 Å². The highest BCUT2D eigenvalue weighted by molar-refractivity contribution is 6.04. The Labute approximate surface area is 229 Å². The van der Waals surface area contributed by atoms with Crippen molar-refractivity contribution in [2.45, 2.75) is 44.2 Å². The van der Waals surface area contributed by atoms with Gasteiger partial charge in [-0.15, -0.1) is 0 Å². The summed E-state index contributed by atoms with van der Waals surface area (Å²) < 4.78 is 0. The Hall–Kier alpha value is -4.17. The zero-order valence-corrected chi connectivity index (χ0v) is 22.3. The first-order valence-electron chi connectivity index (χ1n) is 13.7. The maximum atomic E-state index is 5.24. The van der Waals surface area contributed by atoms with Crippen LogP contribution in [0.4, 0.5) is 17.3 Å². The predicted octanol–water partition coefficient (Wildman–Crippen LogP) is 5.61. The summed E-state index contributed by atoms with van der Waals surface area (Å²) in [6.07, 6.45) is 10.2. The van der Waals surface area contributed by atoms with Crippen molar-refractivity contribution in [3.05, 3.63) is 83.8 Å². The maximum absolute atomic E-state index is 5.24. The number of nitrogens with zero attached hydrogens (tertiary/aromatic N) is 6. The van der Waals surface area contributed by atoms with Gasteiger partial charge in [-0.1, -0.05) is 18.2 Å². The molecule has 0 unspecified atom stereocenters. The number of nitrogens with one attached hydrogen (secondary N) is 2. The first-order valence-corrected chi connectivity index (χ1v) is 13.7. The lowest BCUT2D eigenvalue weighted by Gasteiger charge is -2.35. The number of hydrogen-bond acceptors (Lipinski definition) is 7. The van der Waals surface area contributed by atoms with Gasteiger partial charge >= 0.3 is 0 Å². The normalized spacial score (nSPS) is 16.3. The van der Waals surface area contributed by atoms with Crippen molar-refractivity contribution >= 4 is 40.8 Å². The van der Waals surface area contributed by atoms with E-state index in [0.29, 0.717) is 18.5 Å². The SMILES string of the molecule is C=Nc1cncc(C2CC2)c1C(=NCc1ccnc(Nc2ccc3ccccc3n2)c1)N(C)C1CCNCC1. The average molecular weight is 519 g/mol. The molecule has 6 rings (SSSR count). The Morgan fingerprint density at radius 2 is 1.90 bits per heavy atom. The molecule has 39 heavy (non-hydrogen) atoms. The molecule has 0 amide bonds. The second-order valence-electron chi connectivity index (χ2n) is 10.4. The molecule has 1 saturated heterocycles. The number of benzene rings is 1.